The number of esters is 1. The molecule has 0 radical (unpaired) electrons. The molecule has 0 saturated heterocycles. The van der Waals surface area contributed by atoms with Crippen LogP contribution in [0.25, 0.3) is 10.2 Å². The van der Waals surface area contributed by atoms with Crippen LogP contribution in [0.4, 0.5) is 14.6 Å². The second-order valence-electron chi connectivity index (χ2n) is 5.91. The molecular weight excluding hydrogens is 360 g/mol. The normalized spacial score (nSPS) is 11.0. The van der Waals surface area contributed by atoms with Crippen molar-refractivity contribution in [2.75, 3.05) is 19.1 Å². The maximum absolute atomic E-state index is 14.0. The number of anilines is 1. The molecule has 26 heavy (non-hydrogen) atoms. The minimum atomic E-state index is -0.620. The SMILES string of the molecule is COC(=O)c1sc2nc(C)nc(N(C)Cc3ccc(F)cc3F)c2c1C. The standard InChI is InChI=1S/C18H17F2N3O2S/c1-9-14-16(23(3)8-11-5-6-12(19)7-13(11)20)21-10(2)22-17(14)26-15(9)18(24)25-4/h5-7H,8H2,1-4H3. The fraction of sp³-hybridized carbons (Fsp3) is 0.278. The van der Waals surface area contributed by atoms with Crippen LogP contribution < -0.4 is 4.90 Å². The molecule has 136 valence electrons. The van der Waals surface area contributed by atoms with E-state index in [2.05, 4.69) is 9.97 Å². The summed E-state index contributed by atoms with van der Waals surface area (Å²) in [6, 6.07) is 3.49. The van der Waals surface area contributed by atoms with Crippen molar-refractivity contribution in [1.29, 1.82) is 0 Å². The highest BCUT2D eigenvalue weighted by Gasteiger charge is 2.22. The molecule has 0 atom stereocenters. The van der Waals surface area contributed by atoms with Gasteiger partial charge in [0, 0.05) is 25.2 Å². The zero-order chi connectivity index (χ0) is 19.0. The lowest BCUT2D eigenvalue weighted by molar-refractivity contribution is 0.0605. The van der Waals surface area contributed by atoms with Crippen LogP contribution in [-0.2, 0) is 11.3 Å². The molecule has 0 fully saturated rings. The zero-order valence-electron chi connectivity index (χ0n) is 14.8. The third kappa shape index (κ3) is 3.24. The number of rotatable bonds is 4. The van der Waals surface area contributed by atoms with E-state index in [1.165, 1.54) is 30.6 Å². The predicted molar refractivity (Wildman–Crippen MR) is 96.7 cm³/mol. The number of halogens is 2. The van der Waals surface area contributed by atoms with Gasteiger partial charge in [0.25, 0.3) is 0 Å². The topological polar surface area (TPSA) is 55.3 Å². The number of fused-ring (bicyclic) bond motifs is 1. The Morgan fingerprint density at radius 3 is 2.65 bits per heavy atom. The maximum atomic E-state index is 14.0. The van der Waals surface area contributed by atoms with Gasteiger partial charge >= 0.3 is 5.97 Å². The first-order valence-corrected chi connectivity index (χ1v) is 8.64. The number of ether oxygens (including phenoxy) is 1. The van der Waals surface area contributed by atoms with E-state index in [1.54, 1.807) is 25.8 Å². The van der Waals surface area contributed by atoms with Gasteiger partial charge in [-0.1, -0.05) is 6.07 Å². The van der Waals surface area contributed by atoms with Gasteiger partial charge in [-0.05, 0) is 25.5 Å². The molecule has 0 bridgehead atoms. The van der Waals surface area contributed by atoms with Crippen LogP contribution in [0.2, 0.25) is 0 Å². The van der Waals surface area contributed by atoms with Crippen molar-refractivity contribution in [3.63, 3.8) is 0 Å². The third-order valence-corrected chi connectivity index (χ3v) is 5.20. The number of aromatic nitrogens is 2. The quantitative estimate of drug-likeness (QED) is 0.643. The summed E-state index contributed by atoms with van der Waals surface area (Å²) in [5.41, 5.74) is 1.07. The Labute approximate surface area is 153 Å². The molecule has 0 amide bonds. The van der Waals surface area contributed by atoms with Crippen molar-refractivity contribution in [2.45, 2.75) is 20.4 Å². The van der Waals surface area contributed by atoms with Crippen LogP contribution in [0.5, 0.6) is 0 Å². The molecular formula is C18H17F2N3O2S. The van der Waals surface area contributed by atoms with Gasteiger partial charge in [0.15, 0.2) is 0 Å². The number of hydrogen-bond acceptors (Lipinski definition) is 6. The molecule has 2 heterocycles. The van der Waals surface area contributed by atoms with Crippen molar-refractivity contribution in [3.8, 4) is 0 Å². The minimum Gasteiger partial charge on any atom is -0.465 e. The Balaban J connectivity index is 2.08. The molecule has 1 aromatic carbocycles. The lowest BCUT2D eigenvalue weighted by Crippen LogP contribution is -2.19. The summed E-state index contributed by atoms with van der Waals surface area (Å²) in [5.74, 6) is -0.542. The van der Waals surface area contributed by atoms with Crippen molar-refractivity contribution in [2.24, 2.45) is 0 Å². The summed E-state index contributed by atoms with van der Waals surface area (Å²) in [7, 11) is 3.09. The fourth-order valence-corrected chi connectivity index (χ4v) is 3.90. The molecule has 0 spiro atoms. The van der Waals surface area contributed by atoms with Gasteiger partial charge in [0.2, 0.25) is 0 Å². The summed E-state index contributed by atoms with van der Waals surface area (Å²) in [6.07, 6.45) is 0. The van der Waals surface area contributed by atoms with Crippen LogP contribution in [0.1, 0.15) is 26.6 Å². The summed E-state index contributed by atoms with van der Waals surface area (Å²) < 4.78 is 31.9. The Kier molecular flexibility index (Phi) is 4.86. The van der Waals surface area contributed by atoms with Crippen LogP contribution in [0.15, 0.2) is 18.2 Å². The molecule has 2 aromatic heterocycles. The number of aryl methyl sites for hydroxylation is 2. The highest BCUT2D eigenvalue weighted by atomic mass is 32.1. The van der Waals surface area contributed by atoms with Gasteiger partial charge in [-0.2, -0.15) is 0 Å². The lowest BCUT2D eigenvalue weighted by atomic mass is 10.1. The molecule has 3 aromatic rings. The van der Waals surface area contributed by atoms with Gasteiger partial charge in [-0.25, -0.2) is 23.5 Å². The maximum Gasteiger partial charge on any atom is 0.348 e. The smallest absolute Gasteiger partial charge is 0.348 e. The summed E-state index contributed by atoms with van der Waals surface area (Å²) in [4.78, 5) is 23.7. The monoisotopic (exact) mass is 377 g/mol. The van der Waals surface area contributed by atoms with Gasteiger partial charge in [0.1, 0.15) is 33.0 Å². The van der Waals surface area contributed by atoms with E-state index in [9.17, 15) is 13.6 Å². The third-order valence-electron chi connectivity index (χ3n) is 4.04. The van der Waals surface area contributed by atoms with E-state index < -0.39 is 17.6 Å². The summed E-state index contributed by atoms with van der Waals surface area (Å²) in [6.45, 7) is 3.75. The summed E-state index contributed by atoms with van der Waals surface area (Å²) >= 11 is 1.24. The first kappa shape index (κ1) is 18.2. The van der Waals surface area contributed by atoms with Crippen LogP contribution in [0.3, 0.4) is 0 Å². The van der Waals surface area contributed by atoms with E-state index in [-0.39, 0.29) is 6.54 Å². The fourth-order valence-electron chi connectivity index (χ4n) is 2.77. The Hall–Kier alpha value is -2.61. The van der Waals surface area contributed by atoms with Crippen molar-refractivity contribution in [3.05, 3.63) is 51.7 Å². The molecule has 5 nitrogen and oxygen atoms in total. The largest absolute Gasteiger partial charge is 0.465 e. The van der Waals surface area contributed by atoms with E-state index in [0.29, 0.717) is 26.9 Å². The highest BCUT2D eigenvalue weighted by Crippen LogP contribution is 2.36. The lowest BCUT2D eigenvalue weighted by Gasteiger charge is -2.20. The van der Waals surface area contributed by atoms with Gasteiger partial charge in [-0.15, -0.1) is 11.3 Å². The molecule has 0 saturated carbocycles. The summed E-state index contributed by atoms with van der Waals surface area (Å²) in [5, 5.41) is 0.728. The average Bonchev–Trinajstić information content (AvgIpc) is 2.92. The van der Waals surface area contributed by atoms with E-state index >= 15 is 0 Å². The molecule has 3 rings (SSSR count). The van der Waals surface area contributed by atoms with E-state index in [0.717, 1.165) is 17.0 Å². The number of carbonyl (C=O) groups is 1. The first-order valence-electron chi connectivity index (χ1n) is 7.83. The number of hydrogen-bond donors (Lipinski definition) is 0. The Morgan fingerprint density at radius 2 is 2.00 bits per heavy atom. The van der Waals surface area contributed by atoms with Gasteiger partial charge < -0.3 is 9.64 Å². The predicted octanol–water partition coefficient (Wildman–Crippen LogP) is 4.01. The van der Waals surface area contributed by atoms with Crippen molar-refractivity contribution in [1.82, 2.24) is 9.97 Å². The second-order valence-corrected chi connectivity index (χ2v) is 6.91. The molecule has 0 aliphatic carbocycles. The zero-order valence-corrected chi connectivity index (χ0v) is 15.6. The second kappa shape index (κ2) is 6.95. The van der Waals surface area contributed by atoms with Crippen molar-refractivity contribution >= 4 is 33.3 Å². The number of carbonyl (C=O) groups excluding carboxylic acids is 1. The first-order chi connectivity index (χ1) is 12.3. The molecule has 0 N–H and O–H groups in total. The number of benzene rings is 1. The Morgan fingerprint density at radius 1 is 1.27 bits per heavy atom. The molecule has 0 aliphatic rings. The Bertz CT molecular complexity index is 1000. The molecule has 8 heteroatoms. The van der Waals surface area contributed by atoms with Crippen LogP contribution in [0, 0.1) is 25.5 Å². The number of methoxy groups -OCH3 is 1. The molecule has 0 unspecified atom stereocenters. The van der Waals surface area contributed by atoms with Gasteiger partial charge in [-0.3, -0.25) is 0 Å². The highest BCUT2D eigenvalue weighted by molar-refractivity contribution is 7.20. The van der Waals surface area contributed by atoms with E-state index in [4.69, 9.17) is 4.74 Å². The van der Waals surface area contributed by atoms with Crippen LogP contribution in [-0.4, -0.2) is 30.1 Å². The minimum absolute atomic E-state index is 0.195. The number of thiophene rings is 1. The van der Waals surface area contributed by atoms with Crippen molar-refractivity contribution < 1.29 is 18.3 Å². The van der Waals surface area contributed by atoms with E-state index in [1.807, 2.05) is 0 Å². The average molecular weight is 377 g/mol. The number of nitrogens with zero attached hydrogens (tertiary/aromatic N) is 3. The molecule has 0 aliphatic heterocycles. The van der Waals surface area contributed by atoms with Gasteiger partial charge in [0.05, 0.1) is 12.5 Å². The van der Waals surface area contributed by atoms with Crippen LogP contribution >= 0.6 is 11.3 Å².